The van der Waals surface area contributed by atoms with Crippen LogP contribution < -0.4 is 14.8 Å². The predicted molar refractivity (Wildman–Crippen MR) is 78.6 cm³/mol. The van der Waals surface area contributed by atoms with Gasteiger partial charge in [0.25, 0.3) is 0 Å². The zero-order valence-corrected chi connectivity index (χ0v) is 12.6. The van der Waals surface area contributed by atoms with Crippen molar-refractivity contribution in [1.82, 2.24) is 5.32 Å². The first-order valence-corrected chi connectivity index (χ1v) is 7.19. The van der Waals surface area contributed by atoms with Crippen molar-refractivity contribution < 1.29 is 14.3 Å². The Morgan fingerprint density at radius 1 is 1.48 bits per heavy atom. The van der Waals surface area contributed by atoms with Crippen LogP contribution in [0.1, 0.15) is 24.8 Å². The number of halogens is 1. The van der Waals surface area contributed by atoms with Crippen molar-refractivity contribution in [3.05, 3.63) is 22.7 Å². The fraction of sp³-hybridized carbons (Fsp3) is 0.467. The van der Waals surface area contributed by atoms with Crippen LogP contribution >= 0.6 is 11.6 Å². The lowest BCUT2D eigenvalue weighted by Gasteiger charge is -2.17. The molecule has 1 heterocycles. The summed E-state index contributed by atoms with van der Waals surface area (Å²) in [6, 6.07) is 5.17. The number of carbonyl (C=O) groups is 1. The molecule has 1 aliphatic rings. The molecular formula is C15H17ClN2O3. The summed E-state index contributed by atoms with van der Waals surface area (Å²) in [5.74, 6) is 1.27. The zero-order valence-electron chi connectivity index (χ0n) is 11.8. The lowest BCUT2D eigenvalue weighted by molar-refractivity contribution is -0.120. The van der Waals surface area contributed by atoms with Gasteiger partial charge in [-0.3, -0.25) is 4.79 Å². The van der Waals surface area contributed by atoms with Crippen LogP contribution in [0.25, 0.3) is 0 Å². The fourth-order valence-corrected chi connectivity index (χ4v) is 2.54. The van der Waals surface area contributed by atoms with Crippen molar-refractivity contribution >= 4 is 17.5 Å². The number of benzene rings is 1. The Labute approximate surface area is 128 Å². The maximum atomic E-state index is 11.3. The molecule has 0 bridgehead atoms. The van der Waals surface area contributed by atoms with Crippen LogP contribution in [0.4, 0.5) is 0 Å². The van der Waals surface area contributed by atoms with E-state index in [0.29, 0.717) is 47.6 Å². The zero-order chi connectivity index (χ0) is 15.2. The Balaban J connectivity index is 2.06. The Bertz CT molecular complexity index is 569. The molecule has 0 aromatic heterocycles. The fourth-order valence-electron chi connectivity index (χ4n) is 2.28. The molecule has 1 aromatic carbocycles. The molecule has 0 spiro atoms. The van der Waals surface area contributed by atoms with Gasteiger partial charge in [-0.15, -0.1) is 0 Å². The summed E-state index contributed by atoms with van der Waals surface area (Å²) >= 11 is 6.14. The van der Waals surface area contributed by atoms with Gasteiger partial charge >= 0.3 is 0 Å². The summed E-state index contributed by atoms with van der Waals surface area (Å²) in [5.41, 5.74) is 0.425. The molecule has 1 unspecified atom stereocenters. The number of rotatable bonds is 4. The number of hydrogen-bond acceptors (Lipinski definition) is 4. The standard InChI is InChI=1S/C15H17ClN2O3/c1-20-13-7-11(8-17)6-12(16)15(13)21-9-10-2-3-14(19)18-5-4-10/h6-7,10H,2-5,9H2,1H3,(H,18,19). The summed E-state index contributed by atoms with van der Waals surface area (Å²) < 4.78 is 11.0. The third-order valence-corrected chi connectivity index (χ3v) is 3.76. The molecule has 1 aliphatic heterocycles. The second-order valence-electron chi connectivity index (χ2n) is 4.96. The van der Waals surface area contributed by atoms with Crippen LogP contribution in [-0.2, 0) is 4.79 Å². The van der Waals surface area contributed by atoms with E-state index in [0.717, 1.165) is 12.8 Å². The van der Waals surface area contributed by atoms with Crippen LogP contribution in [0.3, 0.4) is 0 Å². The summed E-state index contributed by atoms with van der Waals surface area (Å²) in [7, 11) is 1.51. The summed E-state index contributed by atoms with van der Waals surface area (Å²) in [6.07, 6.45) is 2.19. The molecule has 6 heteroatoms. The molecule has 1 amide bonds. The van der Waals surface area contributed by atoms with Gasteiger partial charge in [-0.25, -0.2) is 0 Å². The molecule has 5 nitrogen and oxygen atoms in total. The van der Waals surface area contributed by atoms with Gasteiger partial charge in [0.15, 0.2) is 11.5 Å². The Kier molecular flexibility index (Phi) is 5.29. The van der Waals surface area contributed by atoms with Crippen molar-refractivity contribution in [2.24, 2.45) is 5.92 Å². The first-order chi connectivity index (χ1) is 10.1. The van der Waals surface area contributed by atoms with E-state index in [1.807, 2.05) is 6.07 Å². The third kappa shape index (κ3) is 4.02. The van der Waals surface area contributed by atoms with Gasteiger partial charge in [0.05, 0.1) is 30.4 Å². The van der Waals surface area contributed by atoms with Crippen molar-refractivity contribution in [1.29, 1.82) is 5.26 Å². The number of nitrogens with zero attached hydrogens (tertiary/aromatic N) is 1. The third-order valence-electron chi connectivity index (χ3n) is 3.48. The minimum absolute atomic E-state index is 0.0893. The largest absolute Gasteiger partial charge is 0.493 e. The van der Waals surface area contributed by atoms with E-state index in [2.05, 4.69) is 5.32 Å². The van der Waals surface area contributed by atoms with Gasteiger partial charge in [-0.05, 0) is 24.8 Å². The predicted octanol–water partition coefficient (Wildman–Crippen LogP) is 2.52. The van der Waals surface area contributed by atoms with E-state index < -0.39 is 0 Å². The van der Waals surface area contributed by atoms with Gasteiger partial charge in [-0.1, -0.05) is 11.6 Å². The quantitative estimate of drug-likeness (QED) is 0.927. The minimum Gasteiger partial charge on any atom is -0.493 e. The van der Waals surface area contributed by atoms with Crippen LogP contribution in [0, 0.1) is 17.2 Å². The normalized spacial score (nSPS) is 18.3. The molecule has 2 rings (SSSR count). The molecule has 1 aromatic rings. The molecular weight excluding hydrogens is 292 g/mol. The highest BCUT2D eigenvalue weighted by Crippen LogP contribution is 2.36. The van der Waals surface area contributed by atoms with Gasteiger partial charge in [0.2, 0.25) is 5.91 Å². The van der Waals surface area contributed by atoms with E-state index in [1.165, 1.54) is 7.11 Å². The van der Waals surface area contributed by atoms with E-state index in [-0.39, 0.29) is 5.91 Å². The highest BCUT2D eigenvalue weighted by Gasteiger charge is 2.19. The van der Waals surface area contributed by atoms with Gasteiger partial charge in [-0.2, -0.15) is 5.26 Å². The van der Waals surface area contributed by atoms with Gasteiger partial charge in [0, 0.05) is 19.0 Å². The van der Waals surface area contributed by atoms with Gasteiger partial charge in [0.1, 0.15) is 0 Å². The highest BCUT2D eigenvalue weighted by molar-refractivity contribution is 6.32. The minimum atomic E-state index is 0.0893. The number of carbonyl (C=O) groups excluding carboxylic acids is 1. The van der Waals surface area contributed by atoms with E-state index in [4.69, 9.17) is 26.3 Å². The Hall–Kier alpha value is -1.93. The lowest BCUT2D eigenvalue weighted by Crippen LogP contribution is -2.21. The number of nitriles is 1. The number of ether oxygens (including phenoxy) is 2. The van der Waals surface area contributed by atoms with Crippen LogP contribution in [0.2, 0.25) is 5.02 Å². The maximum Gasteiger partial charge on any atom is 0.220 e. The second kappa shape index (κ2) is 7.19. The molecule has 1 atom stereocenters. The first kappa shape index (κ1) is 15.5. The highest BCUT2D eigenvalue weighted by atomic mass is 35.5. The first-order valence-electron chi connectivity index (χ1n) is 6.81. The Morgan fingerprint density at radius 2 is 2.29 bits per heavy atom. The summed E-state index contributed by atoms with van der Waals surface area (Å²) in [4.78, 5) is 11.3. The number of hydrogen-bond donors (Lipinski definition) is 1. The maximum absolute atomic E-state index is 11.3. The SMILES string of the molecule is COc1cc(C#N)cc(Cl)c1OCC1CCNC(=O)CC1. The molecule has 1 fully saturated rings. The summed E-state index contributed by atoms with van der Waals surface area (Å²) in [5, 5.41) is 12.1. The molecule has 0 aliphatic carbocycles. The van der Waals surface area contributed by atoms with Crippen molar-refractivity contribution in [3.8, 4) is 17.6 Å². The van der Waals surface area contributed by atoms with E-state index in [1.54, 1.807) is 12.1 Å². The Morgan fingerprint density at radius 3 is 3.00 bits per heavy atom. The summed E-state index contributed by atoms with van der Waals surface area (Å²) in [6.45, 7) is 1.14. The van der Waals surface area contributed by atoms with Crippen molar-refractivity contribution in [2.45, 2.75) is 19.3 Å². The topological polar surface area (TPSA) is 71.3 Å². The average Bonchev–Trinajstić information content (AvgIpc) is 2.69. The number of amides is 1. The van der Waals surface area contributed by atoms with E-state index in [9.17, 15) is 4.79 Å². The molecule has 0 radical (unpaired) electrons. The van der Waals surface area contributed by atoms with Crippen molar-refractivity contribution in [2.75, 3.05) is 20.3 Å². The van der Waals surface area contributed by atoms with Crippen LogP contribution in [0.15, 0.2) is 12.1 Å². The van der Waals surface area contributed by atoms with Gasteiger partial charge < -0.3 is 14.8 Å². The van der Waals surface area contributed by atoms with Crippen molar-refractivity contribution in [3.63, 3.8) is 0 Å². The lowest BCUT2D eigenvalue weighted by atomic mass is 10.0. The average molecular weight is 309 g/mol. The monoisotopic (exact) mass is 308 g/mol. The molecule has 21 heavy (non-hydrogen) atoms. The number of nitrogens with one attached hydrogen (secondary N) is 1. The second-order valence-corrected chi connectivity index (χ2v) is 5.36. The molecule has 112 valence electrons. The van der Waals surface area contributed by atoms with Crippen LogP contribution in [0.5, 0.6) is 11.5 Å². The number of methoxy groups -OCH3 is 1. The van der Waals surface area contributed by atoms with Crippen LogP contribution in [-0.4, -0.2) is 26.2 Å². The smallest absolute Gasteiger partial charge is 0.220 e. The molecule has 1 saturated heterocycles. The van der Waals surface area contributed by atoms with E-state index >= 15 is 0 Å². The molecule has 1 N–H and O–H groups in total. The molecule has 0 saturated carbocycles.